The summed E-state index contributed by atoms with van der Waals surface area (Å²) in [5, 5.41) is 14.5. The van der Waals surface area contributed by atoms with Gasteiger partial charge in [0.25, 0.3) is 11.1 Å². The first kappa shape index (κ1) is 21.0. The molecule has 0 saturated carbocycles. The molecule has 1 unspecified atom stereocenters. The van der Waals surface area contributed by atoms with Gasteiger partial charge in [-0.25, -0.2) is 5.01 Å². The molecule has 0 N–H and O–H groups in total. The van der Waals surface area contributed by atoms with Crippen LogP contribution in [-0.2, 0) is 4.79 Å². The number of aromatic nitrogens is 3. The predicted octanol–water partition coefficient (Wildman–Crippen LogP) is 4.20. The van der Waals surface area contributed by atoms with Crippen molar-refractivity contribution in [3.8, 4) is 17.2 Å². The van der Waals surface area contributed by atoms with E-state index >= 15 is 0 Å². The first-order chi connectivity index (χ1) is 16.2. The van der Waals surface area contributed by atoms with Gasteiger partial charge < -0.3 is 13.6 Å². The summed E-state index contributed by atoms with van der Waals surface area (Å²) < 4.78 is 16.5. The Labute approximate surface area is 193 Å². The number of benzene rings is 1. The van der Waals surface area contributed by atoms with E-state index in [1.807, 2.05) is 30.3 Å². The zero-order chi connectivity index (χ0) is 22.6. The molecule has 0 saturated heterocycles. The first-order valence-electron chi connectivity index (χ1n) is 10.2. The maximum atomic E-state index is 13.1. The van der Waals surface area contributed by atoms with E-state index in [2.05, 4.69) is 20.3 Å². The van der Waals surface area contributed by atoms with Crippen molar-refractivity contribution in [2.45, 2.75) is 17.7 Å². The van der Waals surface area contributed by atoms with Crippen molar-refractivity contribution in [3.05, 3.63) is 78.5 Å². The molecule has 0 bridgehead atoms. The fraction of sp³-hybridized carbons (Fsp3) is 0.174. The second kappa shape index (κ2) is 9.29. The van der Waals surface area contributed by atoms with Crippen molar-refractivity contribution in [1.29, 1.82) is 0 Å². The van der Waals surface area contributed by atoms with E-state index in [1.54, 1.807) is 44.0 Å². The van der Waals surface area contributed by atoms with Crippen LogP contribution in [0.2, 0.25) is 0 Å². The number of hydrogen-bond donors (Lipinski definition) is 0. The number of thioether (sulfide) groups is 1. The first-order valence-corrected chi connectivity index (χ1v) is 11.1. The number of ether oxygens (including phenoxy) is 1. The highest BCUT2D eigenvalue weighted by Crippen LogP contribution is 2.34. The molecule has 0 spiro atoms. The Hall–Kier alpha value is -3.92. The average Bonchev–Trinajstić information content (AvgIpc) is 3.64. The maximum Gasteiger partial charge on any atom is 0.277 e. The van der Waals surface area contributed by atoms with E-state index in [0.29, 0.717) is 23.3 Å². The molecular formula is C23H19N5O4S. The largest absolute Gasteiger partial charge is 0.497 e. The third kappa shape index (κ3) is 4.51. The summed E-state index contributed by atoms with van der Waals surface area (Å²) in [5.74, 6) is 1.72. The van der Waals surface area contributed by atoms with Crippen LogP contribution in [0.15, 0.2) is 86.3 Å². The summed E-state index contributed by atoms with van der Waals surface area (Å²) in [6, 6.07) is 14.5. The molecule has 4 heterocycles. The number of hydrogen-bond acceptors (Lipinski definition) is 9. The van der Waals surface area contributed by atoms with Crippen LogP contribution in [0.4, 0.5) is 0 Å². The molecule has 5 rings (SSSR count). The Kier molecular flexibility index (Phi) is 5.90. The zero-order valence-electron chi connectivity index (χ0n) is 17.6. The van der Waals surface area contributed by atoms with Crippen LogP contribution >= 0.6 is 11.8 Å². The summed E-state index contributed by atoms with van der Waals surface area (Å²) in [6.45, 7) is 0. The third-order valence-corrected chi connectivity index (χ3v) is 5.92. The van der Waals surface area contributed by atoms with Gasteiger partial charge in [-0.05, 0) is 54.1 Å². The van der Waals surface area contributed by atoms with Crippen molar-refractivity contribution in [2.24, 2.45) is 5.10 Å². The average molecular weight is 462 g/mol. The van der Waals surface area contributed by atoms with Crippen LogP contribution < -0.4 is 4.74 Å². The molecule has 9 nitrogen and oxygen atoms in total. The van der Waals surface area contributed by atoms with Gasteiger partial charge in [-0.2, -0.15) is 5.10 Å². The Morgan fingerprint density at radius 1 is 1.12 bits per heavy atom. The number of carbonyl (C=O) groups excluding carboxylic acids is 1. The minimum atomic E-state index is -0.319. The molecule has 1 aromatic carbocycles. The quantitative estimate of drug-likeness (QED) is 0.377. The number of rotatable bonds is 7. The summed E-state index contributed by atoms with van der Waals surface area (Å²) in [7, 11) is 1.62. The number of amides is 1. The van der Waals surface area contributed by atoms with Gasteiger partial charge in [0, 0.05) is 24.4 Å². The van der Waals surface area contributed by atoms with Crippen LogP contribution in [0.5, 0.6) is 5.75 Å². The lowest BCUT2D eigenvalue weighted by atomic mass is 10.0. The molecule has 166 valence electrons. The van der Waals surface area contributed by atoms with E-state index in [1.165, 1.54) is 16.8 Å². The topological polar surface area (TPSA) is 107 Å². The molecule has 0 fully saturated rings. The number of hydrazone groups is 1. The van der Waals surface area contributed by atoms with Gasteiger partial charge in [-0.15, -0.1) is 10.2 Å². The lowest BCUT2D eigenvalue weighted by molar-refractivity contribution is -0.130. The minimum Gasteiger partial charge on any atom is -0.497 e. The van der Waals surface area contributed by atoms with Crippen molar-refractivity contribution in [2.75, 3.05) is 12.9 Å². The molecule has 0 aliphatic carbocycles. The van der Waals surface area contributed by atoms with Crippen LogP contribution in [0, 0.1) is 0 Å². The van der Waals surface area contributed by atoms with Gasteiger partial charge in [0.15, 0.2) is 0 Å². The smallest absolute Gasteiger partial charge is 0.277 e. The van der Waals surface area contributed by atoms with E-state index in [0.717, 1.165) is 22.6 Å². The van der Waals surface area contributed by atoms with E-state index in [9.17, 15) is 4.79 Å². The Morgan fingerprint density at radius 2 is 1.94 bits per heavy atom. The third-order valence-electron chi connectivity index (χ3n) is 5.11. The summed E-state index contributed by atoms with van der Waals surface area (Å²) in [4.78, 5) is 17.1. The predicted molar refractivity (Wildman–Crippen MR) is 121 cm³/mol. The van der Waals surface area contributed by atoms with Crippen LogP contribution in [0.1, 0.15) is 23.8 Å². The highest BCUT2D eigenvalue weighted by Gasteiger charge is 2.35. The molecular weight excluding hydrogens is 442 g/mol. The van der Waals surface area contributed by atoms with E-state index < -0.39 is 0 Å². The molecule has 3 aromatic heterocycles. The number of methoxy groups -OCH3 is 1. The van der Waals surface area contributed by atoms with Crippen molar-refractivity contribution >= 4 is 23.4 Å². The van der Waals surface area contributed by atoms with Crippen molar-refractivity contribution < 1.29 is 18.4 Å². The lowest BCUT2D eigenvalue weighted by Gasteiger charge is -2.19. The second-order valence-corrected chi connectivity index (χ2v) is 8.07. The number of carbonyl (C=O) groups is 1. The van der Waals surface area contributed by atoms with Gasteiger partial charge in [-0.3, -0.25) is 9.78 Å². The monoisotopic (exact) mass is 461 g/mol. The van der Waals surface area contributed by atoms with Crippen LogP contribution in [-0.4, -0.2) is 44.7 Å². The van der Waals surface area contributed by atoms with Gasteiger partial charge in [-0.1, -0.05) is 11.8 Å². The highest BCUT2D eigenvalue weighted by atomic mass is 32.2. The number of furan rings is 1. The SMILES string of the molecule is COc1ccc(C2=NN(C(=O)CSc3nnc(-c4ccncc4)o3)C(c3ccco3)C2)cc1. The molecule has 1 amide bonds. The maximum absolute atomic E-state index is 13.1. The van der Waals surface area contributed by atoms with E-state index in [4.69, 9.17) is 13.6 Å². The minimum absolute atomic E-state index is 0.0918. The fourth-order valence-electron chi connectivity index (χ4n) is 3.47. The standard InChI is InChI=1S/C23H19N5O4S/c1-30-17-6-4-15(5-7-17)18-13-19(20-3-2-12-31-20)28(27-18)21(29)14-33-23-26-25-22(32-23)16-8-10-24-11-9-16/h2-12,19H,13-14H2,1H3. The molecule has 1 atom stereocenters. The molecule has 1 aliphatic heterocycles. The van der Waals surface area contributed by atoms with Crippen molar-refractivity contribution in [3.63, 3.8) is 0 Å². The van der Waals surface area contributed by atoms with Gasteiger partial charge in [0.2, 0.25) is 5.89 Å². The Morgan fingerprint density at radius 3 is 2.67 bits per heavy atom. The Bertz CT molecular complexity index is 1260. The van der Waals surface area contributed by atoms with Crippen molar-refractivity contribution in [1.82, 2.24) is 20.2 Å². The van der Waals surface area contributed by atoms with Gasteiger partial charge >= 0.3 is 0 Å². The normalized spacial score (nSPS) is 15.5. The Balaban J connectivity index is 1.32. The zero-order valence-corrected chi connectivity index (χ0v) is 18.4. The molecule has 4 aromatic rings. The molecule has 1 aliphatic rings. The van der Waals surface area contributed by atoms with E-state index in [-0.39, 0.29) is 17.7 Å². The highest BCUT2D eigenvalue weighted by molar-refractivity contribution is 7.99. The molecule has 10 heteroatoms. The number of nitrogens with zero attached hydrogens (tertiary/aromatic N) is 5. The van der Waals surface area contributed by atoms with Gasteiger partial charge in [0.05, 0.1) is 24.8 Å². The summed E-state index contributed by atoms with van der Waals surface area (Å²) in [6.07, 6.45) is 5.44. The molecule has 33 heavy (non-hydrogen) atoms. The summed E-state index contributed by atoms with van der Waals surface area (Å²) in [5.41, 5.74) is 2.49. The number of pyridine rings is 1. The van der Waals surface area contributed by atoms with Crippen LogP contribution in [0.25, 0.3) is 11.5 Å². The van der Waals surface area contributed by atoms with Gasteiger partial charge in [0.1, 0.15) is 17.6 Å². The van der Waals surface area contributed by atoms with Crippen LogP contribution in [0.3, 0.4) is 0 Å². The second-order valence-electron chi connectivity index (χ2n) is 7.15. The molecule has 0 radical (unpaired) electrons. The lowest BCUT2D eigenvalue weighted by Crippen LogP contribution is -2.28. The fourth-order valence-corrected chi connectivity index (χ4v) is 4.09. The summed E-state index contributed by atoms with van der Waals surface area (Å²) >= 11 is 1.17.